The van der Waals surface area contributed by atoms with E-state index in [1.165, 1.54) is 51.8 Å². The van der Waals surface area contributed by atoms with E-state index in [1.54, 1.807) is 31.2 Å². The molecule has 0 aliphatic heterocycles. The third kappa shape index (κ3) is 6.84. The van der Waals surface area contributed by atoms with Crippen LogP contribution in [0.25, 0.3) is 0 Å². The largest absolute Gasteiger partial charge is 0.493 e. The van der Waals surface area contributed by atoms with E-state index in [1.807, 2.05) is 0 Å². The van der Waals surface area contributed by atoms with E-state index in [2.05, 4.69) is 10.5 Å². The van der Waals surface area contributed by atoms with Crippen LogP contribution in [0, 0.1) is 0 Å². The van der Waals surface area contributed by atoms with E-state index < -0.39 is 11.9 Å². The summed E-state index contributed by atoms with van der Waals surface area (Å²) >= 11 is 12.0. The van der Waals surface area contributed by atoms with E-state index >= 15 is 0 Å². The molecule has 0 bridgehead atoms. The van der Waals surface area contributed by atoms with Crippen molar-refractivity contribution in [2.75, 3.05) is 27.9 Å². The van der Waals surface area contributed by atoms with Gasteiger partial charge >= 0.3 is 5.97 Å². The van der Waals surface area contributed by atoms with Gasteiger partial charge in [-0.05, 0) is 61.0 Å². The molecule has 37 heavy (non-hydrogen) atoms. The highest BCUT2D eigenvalue weighted by atomic mass is 35.5. The average Bonchev–Trinajstić information content (AvgIpc) is 2.89. The minimum absolute atomic E-state index is 0.161. The number of esters is 1. The van der Waals surface area contributed by atoms with E-state index in [0.29, 0.717) is 40.2 Å². The maximum absolute atomic E-state index is 12.6. The zero-order chi connectivity index (χ0) is 26.9. The van der Waals surface area contributed by atoms with Gasteiger partial charge in [0.15, 0.2) is 23.0 Å². The Balaban J connectivity index is 1.75. The number of nitrogens with zero attached hydrogens (tertiary/aromatic N) is 1. The van der Waals surface area contributed by atoms with Crippen molar-refractivity contribution >= 4 is 41.3 Å². The van der Waals surface area contributed by atoms with Crippen LogP contribution >= 0.6 is 23.2 Å². The Morgan fingerprint density at radius 3 is 2.19 bits per heavy atom. The molecule has 3 aromatic rings. The van der Waals surface area contributed by atoms with Crippen LogP contribution in [0.15, 0.2) is 53.6 Å². The molecule has 1 amide bonds. The topological polar surface area (TPSA) is 105 Å². The zero-order valence-electron chi connectivity index (χ0n) is 20.5. The van der Waals surface area contributed by atoms with Crippen LogP contribution in [-0.4, -0.2) is 46.0 Å². The lowest BCUT2D eigenvalue weighted by molar-refractivity contribution is 0.0728. The van der Waals surface area contributed by atoms with Gasteiger partial charge in [0.05, 0.1) is 44.7 Å². The Kier molecular flexibility index (Phi) is 9.59. The Bertz CT molecular complexity index is 1300. The molecule has 11 heteroatoms. The molecule has 0 heterocycles. The Morgan fingerprint density at radius 1 is 0.892 bits per heavy atom. The number of halogens is 2. The van der Waals surface area contributed by atoms with Crippen LogP contribution in [0.5, 0.6) is 28.7 Å². The molecule has 0 spiro atoms. The summed E-state index contributed by atoms with van der Waals surface area (Å²) in [6.45, 7) is 2.12. The summed E-state index contributed by atoms with van der Waals surface area (Å²) in [5.74, 6) is 0.377. The van der Waals surface area contributed by atoms with E-state index in [9.17, 15) is 9.59 Å². The summed E-state index contributed by atoms with van der Waals surface area (Å²) in [6.07, 6.45) is 1.42. The number of hydrogen-bond donors (Lipinski definition) is 1. The molecule has 0 aromatic heterocycles. The van der Waals surface area contributed by atoms with Crippen molar-refractivity contribution in [3.63, 3.8) is 0 Å². The minimum atomic E-state index is -0.665. The SMILES string of the molecule is CCOc1cc(C=NNC(=O)c2cc(OC)c(OC)c(OC)c2)ccc1OC(=O)c1ccc(Cl)cc1Cl. The van der Waals surface area contributed by atoms with Crippen LogP contribution < -0.4 is 29.1 Å². The number of carbonyl (C=O) groups is 2. The predicted octanol–water partition coefficient (Wildman–Crippen LogP) is 5.40. The first-order valence-electron chi connectivity index (χ1n) is 10.9. The van der Waals surface area contributed by atoms with Crippen LogP contribution in [0.2, 0.25) is 10.0 Å². The molecule has 0 aliphatic rings. The lowest BCUT2D eigenvalue weighted by Crippen LogP contribution is -2.18. The second-order valence-electron chi connectivity index (χ2n) is 7.27. The number of benzene rings is 3. The summed E-state index contributed by atoms with van der Waals surface area (Å²) in [6, 6.07) is 12.3. The Hall–Kier alpha value is -3.95. The van der Waals surface area contributed by atoms with E-state index in [-0.39, 0.29) is 21.9 Å². The van der Waals surface area contributed by atoms with E-state index in [0.717, 1.165) is 0 Å². The number of hydrogen-bond acceptors (Lipinski definition) is 8. The summed E-state index contributed by atoms with van der Waals surface area (Å²) in [4.78, 5) is 25.2. The molecule has 3 aromatic carbocycles. The molecule has 194 valence electrons. The van der Waals surface area contributed by atoms with Crippen LogP contribution in [0.4, 0.5) is 0 Å². The fraction of sp³-hybridized carbons (Fsp3) is 0.192. The molecular weight excluding hydrogens is 523 g/mol. The highest BCUT2D eigenvalue weighted by molar-refractivity contribution is 6.36. The quantitative estimate of drug-likeness (QED) is 0.157. The molecule has 0 unspecified atom stereocenters. The number of nitrogens with one attached hydrogen (secondary N) is 1. The minimum Gasteiger partial charge on any atom is -0.493 e. The van der Waals surface area contributed by atoms with Gasteiger partial charge in [0.2, 0.25) is 5.75 Å². The molecule has 0 saturated carbocycles. The number of ether oxygens (including phenoxy) is 5. The van der Waals surface area contributed by atoms with Gasteiger partial charge < -0.3 is 23.7 Å². The van der Waals surface area contributed by atoms with Crippen LogP contribution in [-0.2, 0) is 0 Å². The summed E-state index contributed by atoms with van der Waals surface area (Å²) < 4.78 is 26.9. The lowest BCUT2D eigenvalue weighted by atomic mass is 10.1. The van der Waals surface area contributed by atoms with Crippen molar-refractivity contribution in [3.8, 4) is 28.7 Å². The second kappa shape index (κ2) is 12.8. The highest BCUT2D eigenvalue weighted by Crippen LogP contribution is 2.38. The van der Waals surface area contributed by atoms with Crippen molar-refractivity contribution in [1.29, 1.82) is 0 Å². The highest BCUT2D eigenvalue weighted by Gasteiger charge is 2.18. The van der Waals surface area contributed by atoms with Gasteiger partial charge in [-0.1, -0.05) is 23.2 Å². The summed E-state index contributed by atoms with van der Waals surface area (Å²) in [5, 5.41) is 4.57. The van der Waals surface area contributed by atoms with Gasteiger partial charge in [0.1, 0.15) is 0 Å². The molecule has 0 aliphatic carbocycles. The Morgan fingerprint density at radius 2 is 1.59 bits per heavy atom. The standard InChI is InChI=1S/C26H24Cl2N2O7/c1-5-36-21-10-15(6-9-20(21)37-26(32)18-8-7-17(27)13-19(18)28)14-29-30-25(31)16-11-22(33-2)24(35-4)23(12-16)34-3/h6-14H,5H2,1-4H3,(H,30,31). The van der Waals surface area contributed by atoms with Crippen molar-refractivity contribution in [2.45, 2.75) is 6.92 Å². The first kappa shape index (κ1) is 27.6. The molecule has 0 fully saturated rings. The van der Waals surface area contributed by atoms with Crippen LogP contribution in [0.3, 0.4) is 0 Å². The lowest BCUT2D eigenvalue weighted by Gasteiger charge is -2.13. The first-order valence-corrected chi connectivity index (χ1v) is 11.6. The first-order chi connectivity index (χ1) is 17.8. The van der Waals surface area contributed by atoms with Gasteiger partial charge in [0, 0.05) is 10.6 Å². The maximum atomic E-state index is 12.6. The van der Waals surface area contributed by atoms with Gasteiger partial charge in [-0.2, -0.15) is 5.10 Å². The number of amides is 1. The second-order valence-corrected chi connectivity index (χ2v) is 8.11. The monoisotopic (exact) mass is 546 g/mol. The van der Waals surface area contributed by atoms with Crippen molar-refractivity contribution in [2.24, 2.45) is 5.10 Å². The molecule has 9 nitrogen and oxygen atoms in total. The zero-order valence-corrected chi connectivity index (χ0v) is 22.0. The van der Waals surface area contributed by atoms with Gasteiger partial charge in [-0.15, -0.1) is 0 Å². The number of rotatable bonds is 10. The van der Waals surface area contributed by atoms with Gasteiger partial charge in [-0.25, -0.2) is 10.2 Å². The predicted molar refractivity (Wildman–Crippen MR) is 140 cm³/mol. The molecule has 0 saturated heterocycles. The average molecular weight is 547 g/mol. The molecular formula is C26H24Cl2N2O7. The Labute approximate surface area is 223 Å². The van der Waals surface area contributed by atoms with Crippen LogP contribution in [0.1, 0.15) is 33.2 Å². The van der Waals surface area contributed by atoms with Crippen molar-refractivity contribution in [1.82, 2.24) is 5.43 Å². The van der Waals surface area contributed by atoms with E-state index in [4.69, 9.17) is 46.9 Å². The molecule has 1 N–H and O–H groups in total. The smallest absolute Gasteiger partial charge is 0.345 e. The number of methoxy groups -OCH3 is 3. The summed E-state index contributed by atoms with van der Waals surface area (Å²) in [7, 11) is 4.39. The maximum Gasteiger partial charge on any atom is 0.345 e. The fourth-order valence-corrected chi connectivity index (χ4v) is 3.70. The number of hydrazone groups is 1. The molecule has 0 atom stereocenters. The molecule has 3 rings (SSSR count). The third-order valence-corrected chi connectivity index (χ3v) is 5.48. The van der Waals surface area contributed by atoms with Gasteiger partial charge in [0.25, 0.3) is 5.91 Å². The number of carbonyl (C=O) groups excluding carboxylic acids is 2. The summed E-state index contributed by atoms with van der Waals surface area (Å²) in [5.41, 5.74) is 3.44. The van der Waals surface area contributed by atoms with Crippen molar-refractivity contribution < 1.29 is 33.3 Å². The third-order valence-electron chi connectivity index (χ3n) is 4.93. The van der Waals surface area contributed by atoms with Gasteiger partial charge in [-0.3, -0.25) is 4.79 Å². The van der Waals surface area contributed by atoms with Crippen molar-refractivity contribution in [3.05, 3.63) is 75.3 Å². The molecule has 0 radical (unpaired) electrons. The fourth-order valence-electron chi connectivity index (χ4n) is 3.21. The normalized spacial score (nSPS) is 10.6.